The number of pyridine rings is 1. The molecule has 1 rings (SSSR count). The van der Waals surface area contributed by atoms with Gasteiger partial charge in [-0.05, 0) is 32.9 Å². The van der Waals surface area contributed by atoms with Crippen LogP contribution in [0.3, 0.4) is 0 Å². The maximum absolute atomic E-state index is 11.8. The van der Waals surface area contributed by atoms with Gasteiger partial charge in [-0.15, -0.1) is 0 Å². The van der Waals surface area contributed by atoms with Crippen molar-refractivity contribution in [3.8, 4) is 0 Å². The highest BCUT2D eigenvalue weighted by Gasteiger charge is 2.15. The molecule has 104 valence electrons. The van der Waals surface area contributed by atoms with Crippen molar-refractivity contribution in [2.45, 2.75) is 26.8 Å². The number of nitrogens with one attached hydrogen (secondary N) is 1. The molecule has 0 radical (unpaired) electrons. The first-order chi connectivity index (χ1) is 8.95. The van der Waals surface area contributed by atoms with Crippen molar-refractivity contribution in [1.82, 2.24) is 10.3 Å². The molecule has 5 nitrogen and oxygen atoms in total. The SMILES string of the molecule is CCN(CC(=O)NC(C)C)c1cccnc1C(N)=S. The van der Waals surface area contributed by atoms with Crippen LogP contribution in [-0.4, -0.2) is 35.0 Å². The summed E-state index contributed by atoms with van der Waals surface area (Å²) in [7, 11) is 0. The number of nitrogens with zero attached hydrogens (tertiary/aromatic N) is 2. The lowest BCUT2D eigenvalue weighted by molar-refractivity contribution is -0.120. The van der Waals surface area contributed by atoms with E-state index < -0.39 is 0 Å². The Balaban J connectivity index is 2.91. The van der Waals surface area contributed by atoms with Crippen LogP contribution in [0, 0.1) is 0 Å². The Kier molecular flexibility index (Phi) is 5.69. The predicted octanol–water partition coefficient (Wildman–Crippen LogP) is 1.07. The monoisotopic (exact) mass is 280 g/mol. The highest BCUT2D eigenvalue weighted by molar-refractivity contribution is 7.80. The molecule has 1 amide bonds. The molecule has 0 saturated carbocycles. The van der Waals surface area contributed by atoms with Gasteiger partial charge in [-0.2, -0.15) is 0 Å². The molecule has 0 spiro atoms. The van der Waals surface area contributed by atoms with Crippen molar-refractivity contribution in [3.63, 3.8) is 0 Å². The van der Waals surface area contributed by atoms with Crippen molar-refractivity contribution < 1.29 is 4.79 Å². The second-order valence-corrected chi connectivity index (χ2v) is 4.91. The summed E-state index contributed by atoms with van der Waals surface area (Å²) in [5, 5.41) is 2.86. The van der Waals surface area contributed by atoms with Gasteiger partial charge in [-0.25, -0.2) is 0 Å². The maximum Gasteiger partial charge on any atom is 0.239 e. The molecule has 6 heteroatoms. The lowest BCUT2D eigenvalue weighted by Crippen LogP contribution is -2.40. The number of carbonyl (C=O) groups excluding carboxylic acids is 1. The summed E-state index contributed by atoms with van der Waals surface area (Å²) in [6, 6.07) is 3.79. The number of amides is 1. The average molecular weight is 280 g/mol. The fraction of sp³-hybridized carbons (Fsp3) is 0.462. The van der Waals surface area contributed by atoms with E-state index in [1.54, 1.807) is 12.3 Å². The topological polar surface area (TPSA) is 71.2 Å². The number of hydrogen-bond acceptors (Lipinski definition) is 4. The quantitative estimate of drug-likeness (QED) is 0.763. The molecule has 0 saturated heterocycles. The number of rotatable bonds is 6. The molecule has 1 aromatic rings. The molecule has 19 heavy (non-hydrogen) atoms. The summed E-state index contributed by atoms with van der Waals surface area (Å²) in [6.45, 7) is 6.76. The summed E-state index contributed by atoms with van der Waals surface area (Å²) >= 11 is 4.99. The average Bonchev–Trinajstić information content (AvgIpc) is 2.35. The first kappa shape index (κ1) is 15.4. The third-order valence-electron chi connectivity index (χ3n) is 2.53. The van der Waals surface area contributed by atoms with E-state index in [2.05, 4.69) is 10.3 Å². The van der Waals surface area contributed by atoms with E-state index in [0.29, 0.717) is 12.2 Å². The number of likely N-dealkylation sites (N-methyl/N-ethyl adjacent to an activating group) is 1. The molecule has 0 aliphatic rings. The molecular weight excluding hydrogens is 260 g/mol. The highest BCUT2D eigenvalue weighted by atomic mass is 32.1. The van der Waals surface area contributed by atoms with Crippen molar-refractivity contribution in [2.75, 3.05) is 18.0 Å². The normalized spacial score (nSPS) is 10.3. The Morgan fingerprint density at radius 3 is 2.79 bits per heavy atom. The molecule has 0 unspecified atom stereocenters. The highest BCUT2D eigenvalue weighted by Crippen LogP contribution is 2.17. The summed E-state index contributed by atoms with van der Waals surface area (Å²) in [4.78, 5) is 18.2. The molecule has 0 bridgehead atoms. The zero-order chi connectivity index (χ0) is 14.4. The largest absolute Gasteiger partial charge is 0.388 e. The van der Waals surface area contributed by atoms with E-state index in [-0.39, 0.29) is 23.5 Å². The molecular formula is C13H20N4OS. The van der Waals surface area contributed by atoms with Crippen LogP contribution in [-0.2, 0) is 4.79 Å². The first-order valence-electron chi connectivity index (χ1n) is 6.24. The standard InChI is InChI=1S/C13H20N4OS/c1-4-17(8-11(18)16-9(2)3)10-6-5-7-15-12(10)13(14)19/h5-7,9H,4,8H2,1-3H3,(H2,14,19)(H,16,18). The van der Waals surface area contributed by atoms with Gasteiger partial charge in [0, 0.05) is 18.8 Å². The Morgan fingerprint density at radius 2 is 2.26 bits per heavy atom. The minimum Gasteiger partial charge on any atom is -0.388 e. The number of thiocarbonyl (C=S) groups is 1. The molecule has 1 heterocycles. The van der Waals surface area contributed by atoms with Crippen LogP contribution in [0.15, 0.2) is 18.3 Å². The Labute approximate surface area is 119 Å². The maximum atomic E-state index is 11.8. The van der Waals surface area contributed by atoms with Crippen molar-refractivity contribution >= 4 is 28.8 Å². The lowest BCUT2D eigenvalue weighted by Gasteiger charge is -2.24. The third kappa shape index (κ3) is 4.48. The minimum absolute atomic E-state index is 0.0328. The third-order valence-corrected chi connectivity index (χ3v) is 2.72. The Hall–Kier alpha value is -1.69. The van der Waals surface area contributed by atoms with E-state index in [1.807, 2.05) is 31.7 Å². The van der Waals surface area contributed by atoms with Gasteiger partial charge in [0.2, 0.25) is 5.91 Å². The van der Waals surface area contributed by atoms with Gasteiger partial charge in [0.25, 0.3) is 0 Å². The second kappa shape index (κ2) is 7.04. The van der Waals surface area contributed by atoms with Gasteiger partial charge in [0.15, 0.2) is 0 Å². The van der Waals surface area contributed by atoms with Gasteiger partial charge < -0.3 is 16.0 Å². The van der Waals surface area contributed by atoms with E-state index in [0.717, 1.165) is 5.69 Å². The van der Waals surface area contributed by atoms with Crippen LogP contribution in [0.25, 0.3) is 0 Å². The van der Waals surface area contributed by atoms with Gasteiger partial charge in [-0.3, -0.25) is 9.78 Å². The van der Waals surface area contributed by atoms with Gasteiger partial charge >= 0.3 is 0 Å². The Morgan fingerprint density at radius 1 is 1.58 bits per heavy atom. The zero-order valence-corrected chi connectivity index (χ0v) is 12.3. The lowest BCUT2D eigenvalue weighted by atomic mass is 10.2. The second-order valence-electron chi connectivity index (χ2n) is 4.47. The van der Waals surface area contributed by atoms with Crippen LogP contribution >= 0.6 is 12.2 Å². The molecule has 0 fully saturated rings. The van der Waals surface area contributed by atoms with Crippen molar-refractivity contribution in [2.24, 2.45) is 5.73 Å². The van der Waals surface area contributed by atoms with Crippen molar-refractivity contribution in [3.05, 3.63) is 24.0 Å². The smallest absolute Gasteiger partial charge is 0.239 e. The Bertz CT molecular complexity index is 462. The first-order valence-corrected chi connectivity index (χ1v) is 6.65. The number of hydrogen-bond donors (Lipinski definition) is 2. The van der Waals surface area contributed by atoms with Crippen LogP contribution in [0.1, 0.15) is 26.5 Å². The fourth-order valence-electron chi connectivity index (χ4n) is 1.75. The molecule has 0 aliphatic heterocycles. The summed E-state index contributed by atoms with van der Waals surface area (Å²) < 4.78 is 0. The van der Waals surface area contributed by atoms with Crippen molar-refractivity contribution in [1.29, 1.82) is 0 Å². The summed E-state index contributed by atoms with van der Waals surface area (Å²) in [5.74, 6) is -0.0328. The van der Waals surface area contributed by atoms with E-state index in [1.165, 1.54) is 0 Å². The summed E-state index contributed by atoms with van der Waals surface area (Å²) in [5.41, 5.74) is 7.00. The van der Waals surface area contributed by atoms with Crippen LogP contribution in [0.4, 0.5) is 5.69 Å². The molecule has 1 aromatic heterocycles. The minimum atomic E-state index is -0.0328. The summed E-state index contributed by atoms with van der Waals surface area (Å²) in [6.07, 6.45) is 1.64. The molecule has 0 atom stereocenters. The number of anilines is 1. The van der Waals surface area contributed by atoms with E-state index in [4.69, 9.17) is 18.0 Å². The van der Waals surface area contributed by atoms with E-state index >= 15 is 0 Å². The molecule has 0 aromatic carbocycles. The van der Waals surface area contributed by atoms with Crippen LogP contribution < -0.4 is 16.0 Å². The number of carbonyl (C=O) groups is 1. The van der Waals surface area contributed by atoms with Crippen LogP contribution in [0.5, 0.6) is 0 Å². The number of aromatic nitrogens is 1. The van der Waals surface area contributed by atoms with Gasteiger partial charge in [-0.1, -0.05) is 12.2 Å². The predicted molar refractivity (Wildman–Crippen MR) is 81.3 cm³/mol. The fourth-order valence-corrected chi connectivity index (χ4v) is 1.91. The van der Waals surface area contributed by atoms with E-state index in [9.17, 15) is 4.79 Å². The zero-order valence-electron chi connectivity index (χ0n) is 11.5. The van der Waals surface area contributed by atoms with Gasteiger partial charge in [0.05, 0.1) is 12.2 Å². The van der Waals surface area contributed by atoms with Crippen LogP contribution in [0.2, 0.25) is 0 Å². The number of nitrogens with two attached hydrogens (primary N) is 1. The molecule has 0 aliphatic carbocycles. The van der Waals surface area contributed by atoms with Gasteiger partial charge in [0.1, 0.15) is 10.7 Å². The molecule has 3 N–H and O–H groups in total.